The molecule has 0 bridgehead atoms. The van der Waals surface area contributed by atoms with E-state index in [1.807, 2.05) is 72.1 Å². The third-order valence-corrected chi connectivity index (χ3v) is 5.22. The molecule has 0 unspecified atom stereocenters. The van der Waals surface area contributed by atoms with Gasteiger partial charge in [0, 0.05) is 10.9 Å². The summed E-state index contributed by atoms with van der Waals surface area (Å²) in [4.78, 5) is 16.1. The maximum absolute atomic E-state index is 11.6. The summed E-state index contributed by atoms with van der Waals surface area (Å²) >= 11 is 1.51. The van der Waals surface area contributed by atoms with Crippen LogP contribution in [0.3, 0.4) is 0 Å². The summed E-state index contributed by atoms with van der Waals surface area (Å²) in [5.41, 5.74) is 8.54. The lowest BCUT2D eigenvalue weighted by Crippen LogP contribution is -2.00. The summed E-state index contributed by atoms with van der Waals surface area (Å²) in [6.45, 7) is 0. The molecule has 6 heteroatoms. The molecule has 0 aliphatic heterocycles. The minimum Gasteiger partial charge on any atom is -0.465 e. The van der Waals surface area contributed by atoms with Crippen molar-refractivity contribution < 1.29 is 9.53 Å². The van der Waals surface area contributed by atoms with Crippen LogP contribution in [-0.2, 0) is 4.74 Å². The van der Waals surface area contributed by atoms with Crippen molar-refractivity contribution in [1.82, 2.24) is 4.98 Å². The second-order valence-corrected chi connectivity index (χ2v) is 7.33. The highest BCUT2D eigenvalue weighted by molar-refractivity contribution is 7.14. The highest BCUT2D eigenvalue weighted by Gasteiger charge is 2.06. The van der Waals surface area contributed by atoms with Gasteiger partial charge in [0.05, 0.1) is 24.6 Å². The molecule has 0 spiro atoms. The molecule has 0 amide bonds. The van der Waals surface area contributed by atoms with E-state index in [9.17, 15) is 4.79 Å². The zero-order valence-electron chi connectivity index (χ0n) is 16.3. The van der Waals surface area contributed by atoms with Gasteiger partial charge in [0.25, 0.3) is 0 Å². The second kappa shape index (κ2) is 9.15. The van der Waals surface area contributed by atoms with Gasteiger partial charge >= 0.3 is 5.97 Å². The molecule has 4 aromatic rings. The molecule has 0 fully saturated rings. The van der Waals surface area contributed by atoms with Crippen molar-refractivity contribution >= 4 is 28.7 Å². The number of methoxy groups -OCH3 is 1. The molecule has 148 valence electrons. The van der Waals surface area contributed by atoms with Gasteiger partial charge in [-0.15, -0.1) is 11.3 Å². The van der Waals surface area contributed by atoms with Crippen LogP contribution in [0, 0.1) is 0 Å². The highest BCUT2D eigenvalue weighted by atomic mass is 32.1. The monoisotopic (exact) mass is 413 g/mol. The quantitative estimate of drug-likeness (QED) is 0.250. The number of benzene rings is 3. The average Bonchev–Trinajstić information content (AvgIpc) is 3.28. The van der Waals surface area contributed by atoms with E-state index < -0.39 is 0 Å². The van der Waals surface area contributed by atoms with Gasteiger partial charge in [-0.25, -0.2) is 9.78 Å². The van der Waals surface area contributed by atoms with E-state index in [1.165, 1.54) is 18.4 Å². The summed E-state index contributed by atoms with van der Waals surface area (Å²) in [5, 5.41) is 7.06. The van der Waals surface area contributed by atoms with Crippen molar-refractivity contribution in [1.29, 1.82) is 0 Å². The Morgan fingerprint density at radius 2 is 1.73 bits per heavy atom. The fraction of sp³-hybridized carbons (Fsp3) is 0.0417. The Hall–Kier alpha value is -3.77. The van der Waals surface area contributed by atoms with E-state index in [1.54, 1.807) is 18.3 Å². The fourth-order valence-electron chi connectivity index (χ4n) is 2.94. The number of carbonyl (C=O) groups is 1. The smallest absolute Gasteiger partial charge is 0.337 e. The number of anilines is 1. The van der Waals surface area contributed by atoms with E-state index in [4.69, 9.17) is 4.74 Å². The van der Waals surface area contributed by atoms with Crippen molar-refractivity contribution in [3.05, 3.63) is 95.4 Å². The van der Waals surface area contributed by atoms with Crippen molar-refractivity contribution in [3.63, 3.8) is 0 Å². The third-order valence-electron chi connectivity index (χ3n) is 4.47. The Morgan fingerprint density at radius 1 is 0.967 bits per heavy atom. The Balaban J connectivity index is 1.44. The van der Waals surface area contributed by atoms with E-state index in [2.05, 4.69) is 15.5 Å². The Bertz CT molecular complexity index is 1170. The van der Waals surface area contributed by atoms with E-state index >= 15 is 0 Å². The first-order valence-corrected chi connectivity index (χ1v) is 10.2. The number of thiazole rings is 1. The van der Waals surface area contributed by atoms with Crippen LogP contribution >= 0.6 is 11.3 Å². The molecule has 0 radical (unpaired) electrons. The zero-order valence-corrected chi connectivity index (χ0v) is 17.1. The van der Waals surface area contributed by atoms with Crippen molar-refractivity contribution in [2.75, 3.05) is 12.5 Å². The molecule has 3 aromatic carbocycles. The number of hydrogen-bond donors (Lipinski definition) is 1. The SMILES string of the molecule is COC(=O)c1ccc(-c2cccc(C=NNc3nc(-c4ccccc4)cs3)c2)cc1. The molecule has 0 saturated heterocycles. The van der Waals surface area contributed by atoms with Gasteiger partial charge in [0.2, 0.25) is 5.13 Å². The summed E-state index contributed by atoms with van der Waals surface area (Å²) in [6, 6.07) is 25.4. The number of hydrazone groups is 1. The topological polar surface area (TPSA) is 63.6 Å². The fourth-order valence-corrected chi connectivity index (χ4v) is 3.61. The largest absolute Gasteiger partial charge is 0.465 e. The van der Waals surface area contributed by atoms with Crippen LogP contribution in [0.1, 0.15) is 15.9 Å². The van der Waals surface area contributed by atoms with Crippen LogP contribution in [0.5, 0.6) is 0 Å². The predicted octanol–water partition coefficient (Wildman–Crippen LogP) is 5.71. The lowest BCUT2D eigenvalue weighted by Gasteiger charge is -2.04. The van der Waals surface area contributed by atoms with Crippen LogP contribution in [0.4, 0.5) is 5.13 Å². The number of rotatable bonds is 6. The molecule has 1 N–H and O–H groups in total. The normalized spacial score (nSPS) is 10.8. The third kappa shape index (κ3) is 4.61. The van der Waals surface area contributed by atoms with Gasteiger partial charge in [0.15, 0.2) is 0 Å². The molecule has 4 rings (SSSR count). The molecule has 0 aliphatic carbocycles. The molecular weight excluding hydrogens is 394 g/mol. The first-order valence-electron chi connectivity index (χ1n) is 9.32. The number of nitrogens with one attached hydrogen (secondary N) is 1. The molecule has 1 aromatic heterocycles. The van der Waals surface area contributed by atoms with Gasteiger partial charge < -0.3 is 4.74 Å². The minimum atomic E-state index is -0.342. The average molecular weight is 414 g/mol. The number of carbonyl (C=O) groups excluding carboxylic acids is 1. The van der Waals surface area contributed by atoms with Crippen LogP contribution < -0.4 is 5.43 Å². The van der Waals surface area contributed by atoms with Gasteiger partial charge in [0.1, 0.15) is 0 Å². The predicted molar refractivity (Wildman–Crippen MR) is 122 cm³/mol. The maximum Gasteiger partial charge on any atom is 0.337 e. The lowest BCUT2D eigenvalue weighted by molar-refractivity contribution is 0.0601. The lowest BCUT2D eigenvalue weighted by atomic mass is 10.0. The van der Waals surface area contributed by atoms with Crippen LogP contribution in [0.25, 0.3) is 22.4 Å². The Labute approximate surface area is 178 Å². The standard InChI is InChI=1S/C24H19N3O2S/c1-29-23(28)20-12-10-18(11-13-20)21-9-5-6-17(14-21)15-25-27-24-26-22(16-30-24)19-7-3-2-4-8-19/h2-16H,1H3,(H,26,27). The van der Waals surface area contributed by atoms with Crippen LogP contribution in [-0.4, -0.2) is 24.3 Å². The van der Waals surface area contributed by atoms with Crippen LogP contribution in [0.15, 0.2) is 89.3 Å². The molecular formula is C24H19N3O2S. The Morgan fingerprint density at radius 3 is 2.50 bits per heavy atom. The van der Waals surface area contributed by atoms with E-state index in [0.29, 0.717) is 5.56 Å². The molecule has 0 aliphatic rings. The zero-order chi connectivity index (χ0) is 20.8. The van der Waals surface area contributed by atoms with Gasteiger partial charge in [-0.05, 0) is 34.9 Å². The Kier molecular flexibility index (Phi) is 5.96. The number of hydrogen-bond acceptors (Lipinski definition) is 6. The summed E-state index contributed by atoms with van der Waals surface area (Å²) in [6.07, 6.45) is 1.76. The molecule has 0 atom stereocenters. The van der Waals surface area contributed by atoms with Gasteiger partial charge in [-0.1, -0.05) is 60.7 Å². The minimum absolute atomic E-state index is 0.342. The highest BCUT2D eigenvalue weighted by Crippen LogP contribution is 2.25. The first kappa shape index (κ1) is 19.5. The summed E-state index contributed by atoms with van der Waals surface area (Å²) in [7, 11) is 1.38. The summed E-state index contributed by atoms with van der Waals surface area (Å²) in [5.74, 6) is -0.342. The second-order valence-electron chi connectivity index (χ2n) is 6.47. The van der Waals surface area contributed by atoms with Crippen LogP contribution in [0.2, 0.25) is 0 Å². The number of nitrogens with zero attached hydrogens (tertiary/aromatic N) is 2. The molecule has 5 nitrogen and oxygen atoms in total. The first-order chi connectivity index (χ1) is 14.7. The van der Waals surface area contributed by atoms with Crippen molar-refractivity contribution in [2.24, 2.45) is 5.10 Å². The van der Waals surface area contributed by atoms with Crippen molar-refractivity contribution in [3.8, 4) is 22.4 Å². The number of esters is 1. The van der Waals surface area contributed by atoms with Gasteiger partial charge in [-0.2, -0.15) is 5.10 Å². The van der Waals surface area contributed by atoms with E-state index in [-0.39, 0.29) is 5.97 Å². The number of ether oxygens (including phenoxy) is 1. The molecule has 1 heterocycles. The summed E-state index contributed by atoms with van der Waals surface area (Å²) < 4.78 is 4.74. The molecule has 30 heavy (non-hydrogen) atoms. The number of aromatic nitrogens is 1. The van der Waals surface area contributed by atoms with Gasteiger partial charge in [-0.3, -0.25) is 5.43 Å². The van der Waals surface area contributed by atoms with Crippen molar-refractivity contribution in [2.45, 2.75) is 0 Å². The maximum atomic E-state index is 11.6. The molecule has 0 saturated carbocycles. The van der Waals surface area contributed by atoms with E-state index in [0.717, 1.165) is 33.1 Å².